The van der Waals surface area contributed by atoms with Gasteiger partial charge in [0, 0.05) is 17.3 Å². The summed E-state index contributed by atoms with van der Waals surface area (Å²) in [6, 6.07) is 8.72. The number of aromatic nitrogens is 1. The number of nitrogens with one attached hydrogen (secondary N) is 1. The predicted molar refractivity (Wildman–Crippen MR) is 94.2 cm³/mol. The van der Waals surface area contributed by atoms with Crippen molar-refractivity contribution in [2.24, 2.45) is 0 Å². The molecule has 0 bridgehead atoms. The van der Waals surface area contributed by atoms with Crippen molar-refractivity contribution < 1.29 is 23.0 Å². The van der Waals surface area contributed by atoms with E-state index < -0.39 is 6.36 Å². The van der Waals surface area contributed by atoms with Crippen molar-refractivity contribution in [2.45, 2.75) is 6.36 Å². The molecule has 0 unspecified atom stereocenters. The fraction of sp³-hybridized carbons (Fsp3) is 0.118. The summed E-state index contributed by atoms with van der Waals surface area (Å²) >= 11 is 1.24. The van der Waals surface area contributed by atoms with Gasteiger partial charge in [-0.3, -0.25) is 0 Å². The Morgan fingerprint density at radius 1 is 1.27 bits per heavy atom. The Hall–Kier alpha value is -3.12. The van der Waals surface area contributed by atoms with Gasteiger partial charge in [0.2, 0.25) is 0 Å². The first-order valence-electron chi connectivity index (χ1n) is 7.28. The maximum absolute atomic E-state index is 12.2. The number of phenolic OH excluding ortho intramolecular Hbond substituents is 1. The van der Waals surface area contributed by atoms with Crippen LogP contribution >= 0.6 is 11.3 Å². The number of halogens is 3. The highest BCUT2D eigenvalue weighted by atomic mass is 32.1. The number of rotatable bonds is 3. The van der Waals surface area contributed by atoms with Crippen molar-refractivity contribution >= 4 is 32.4 Å². The van der Waals surface area contributed by atoms with E-state index in [4.69, 9.17) is 5.73 Å². The second kappa shape index (κ2) is 7.01. The van der Waals surface area contributed by atoms with Crippen LogP contribution in [0.3, 0.4) is 0 Å². The number of alkyl halides is 3. The lowest BCUT2D eigenvalue weighted by molar-refractivity contribution is -0.274. The molecule has 0 atom stereocenters. The molecule has 1 aromatic heterocycles. The monoisotopic (exact) mass is 379 g/mol. The molecule has 4 N–H and O–H groups in total. The van der Waals surface area contributed by atoms with E-state index in [0.29, 0.717) is 21.9 Å². The first-order chi connectivity index (χ1) is 12.3. The third kappa shape index (κ3) is 4.49. The van der Waals surface area contributed by atoms with E-state index in [1.165, 1.54) is 35.6 Å². The maximum atomic E-state index is 12.2. The minimum atomic E-state index is -4.74. The molecule has 0 amide bonds. The minimum absolute atomic E-state index is 0.00953. The average Bonchev–Trinajstić information content (AvgIpc) is 2.91. The number of hydrogen-bond acceptors (Lipinski definition) is 6. The third-order valence-electron chi connectivity index (χ3n) is 3.17. The summed E-state index contributed by atoms with van der Waals surface area (Å²) in [7, 11) is 0. The van der Waals surface area contributed by atoms with Crippen LogP contribution < -0.4 is 15.8 Å². The summed E-state index contributed by atoms with van der Waals surface area (Å²) in [6.45, 7) is 0.194. The van der Waals surface area contributed by atoms with Crippen molar-refractivity contribution in [3.05, 3.63) is 42.0 Å². The lowest BCUT2D eigenvalue weighted by atomic mass is 10.2. The van der Waals surface area contributed by atoms with Crippen molar-refractivity contribution in [1.82, 2.24) is 4.98 Å². The largest absolute Gasteiger partial charge is 0.573 e. The van der Waals surface area contributed by atoms with Crippen LogP contribution in [0.1, 0.15) is 5.56 Å². The number of benzene rings is 2. The molecule has 26 heavy (non-hydrogen) atoms. The summed E-state index contributed by atoms with van der Waals surface area (Å²) in [4.78, 5) is 4.02. The highest BCUT2D eigenvalue weighted by Gasteiger charge is 2.31. The average molecular weight is 379 g/mol. The summed E-state index contributed by atoms with van der Waals surface area (Å²) in [5.74, 6) is 5.38. The van der Waals surface area contributed by atoms with Crippen LogP contribution in [0.5, 0.6) is 11.5 Å². The number of thiazole rings is 1. The van der Waals surface area contributed by atoms with Gasteiger partial charge in [-0.05, 0) is 24.3 Å². The van der Waals surface area contributed by atoms with Crippen molar-refractivity contribution in [3.63, 3.8) is 0 Å². The van der Waals surface area contributed by atoms with Gasteiger partial charge in [-0.1, -0.05) is 29.2 Å². The number of anilines is 2. The maximum Gasteiger partial charge on any atom is 0.573 e. The van der Waals surface area contributed by atoms with Gasteiger partial charge in [-0.15, -0.1) is 13.2 Å². The number of nitrogen functional groups attached to an aromatic ring is 1. The van der Waals surface area contributed by atoms with Gasteiger partial charge in [0.25, 0.3) is 0 Å². The van der Waals surface area contributed by atoms with Gasteiger partial charge in [0.05, 0.1) is 11.2 Å². The van der Waals surface area contributed by atoms with Crippen LogP contribution in [0.2, 0.25) is 0 Å². The quantitative estimate of drug-likeness (QED) is 0.601. The molecule has 5 nitrogen and oxygen atoms in total. The molecular formula is C17H12F3N3O2S. The zero-order valence-corrected chi connectivity index (χ0v) is 13.9. The van der Waals surface area contributed by atoms with Crippen molar-refractivity contribution in [2.75, 3.05) is 17.6 Å². The molecule has 1 heterocycles. The second-order valence-electron chi connectivity index (χ2n) is 5.13. The van der Waals surface area contributed by atoms with Gasteiger partial charge in [-0.2, -0.15) is 0 Å². The van der Waals surface area contributed by atoms with E-state index in [1.807, 2.05) is 0 Å². The van der Waals surface area contributed by atoms with E-state index in [9.17, 15) is 18.3 Å². The Bertz CT molecular complexity index is 1010. The van der Waals surface area contributed by atoms with E-state index in [1.54, 1.807) is 12.1 Å². The van der Waals surface area contributed by atoms with Gasteiger partial charge in [0.15, 0.2) is 5.13 Å². The summed E-state index contributed by atoms with van der Waals surface area (Å²) in [6.07, 6.45) is -4.74. The van der Waals surface area contributed by atoms with Crippen LogP contribution in [0.15, 0.2) is 36.4 Å². The van der Waals surface area contributed by atoms with Crippen LogP contribution in [-0.2, 0) is 0 Å². The number of nitrogens with zero attached hydrogens (tertiary/aromatic N) is 1. The summed E-state index contributed by atoms with van der Waals surface area (Å²) in [5.41, 5.74) is 7.06. The molecule has 3 aromatic rings. The second-order valence-corrected chi connectivity index (χ2v) is 6.19. The Balaban J connectivity index is 1.67. The van der Waals surface area contributed by atoms with Crippen LogP contribution in [0, 0.1) is 11.8 Å². The lowest BCUT2D eigenvalue weighted by Gasteiger charge is -2.10. The van der Waals surface area contributed by atoms with E-state index in [2.05, 4.69) is 26.9 Å². The molecular weight excluding hydrogens is 367 g/mol. The number of phenols is 1. The van der Waals surface area contributed by atoms with Crippen molar-refractivity contribution in [3.8, 4) is 23.3 Å². The predicted octanol–water partition coefficient (Wildman–Crippen LogP) is 3.95. The van der Waals surface area contributed by atoms with Gasteiger partial charge < -0.3 is 20.9 Å². The molecule has 0 saturated heterocycles. The minimum Gasteiger partial charge on any atom is -0.506 e. The number of aromatic hydroxyl groups is 1. The molecule has 2 aromatic carbocycles. The van der Waals surface area contributed by atoms with Gasteiger partial charge in [-0.25, -0.2) is 4.98 Å². The molecule has 0 spiro atoms. The SMILES string of the molecule is Nc1nc2c(O)cc(C#CCNc3cccc(OC(F)(F)F)c3)cc2s1. The fourth-order valence-corrected chi connectivity index (χ4v) is 2.99. The molecule has 134 valence electrons. The lowest BCUT2D eigenvalue weighted by Crippen LogP contribution is -2.17. The number of hydrogen-bond donors (Lipinski definition) is 3. The van der Waals surface area contributed by atoms with Crippen LogP contribution in [-0.4, -0.2) is 23.0 Å². The molecule has 0 fully saturated rings. The highest BCUT2D eigenvalue weighted by molar-refractivity contribution is 7.22. The first kappa shape index (κ1) is 17.7. The molecule has 0 aliphatic rings. The van der Waals surface area contributed by atoms with Crippen molar-refractivity contribution in [1.29, 1.82) is 0 Å². The summed E-state index contributed by atoms with van der Waals surface area (Å²) in [5, 5.41) is 13.2. The van der Waals surface area contributed by atoms with E-state index in [-0.39, 0.29) is 18.0 Å². The number of fused-ring (bicyclic) bond motifs is 1. The number of ether oxygens (including phenoxy) is 1. The van der Waals surface area contributed by atoms with E-state index >= 15 is 0 Å². The topological polar surface area (TPSA) is 80.4 Å². The molecule has 3 rings (SSSR count). The zero-order chi connectivity index (χ0) is 18.7. The molecule has 9 heteroatoms. The Labute approximate surface area is 150 Å². The zero-order valence-electron chi connectivity index (χ0n) is 13.1. The standard InChI is InChI=1S/C17H12F3N3O2S/c18-17(19,20)25-12-5-1-4-11(9-12)22-6-2-3-10-7-13(24)15-14(8-10)26-16(21)23-15/h1,4-5,7-9,22,24H,6H2,(H2,21,23). The van der Waals surface area contributed by atoms with Crippen LogP contribution in [0.25, 0.3) is 10.2 Å². The molecule has 0 radical (unpaired) electrons. The summed E-state index contributed by atoms with van der Waals surface area (Å²) < 4.78 is 41.2. The normalized spacial score (nSPS) is 11.0. The number of nitrogens with two attached hydrogens (primary N) is 1. The Morgan fingerprint density at radius 3 is 2.85 bits per heavy atom. The molecule has 0 aliphatic heterocycles. The van der Waals surface area contributed by atoms with Gasteiger partial charge >= 0.3 is 6.36 Å². The highest BCUT2D eigenvalue weighted by Crippen LogP contribution is 2.31. The Morgan fingerprint density at radius 2 is 2.08 bits per heavy atom. The third-order valence-corrected chi connectivity index (χ3v) is 4.00. The molecule has 0 aliphatic carbocycles. The smallest absolute Gasteiger partial charge is 0.506 e. The van der Waals surface area contributed by atoms with E-state index in [0.717, 1.165) is 4.70 Å². The van der Waals surface area contributed by atoms with Gasteiger partial charge in [0.1, 0.15) is 17.0 Å². The Kier molecular flexibility index (Phi) is 4.77. The first-order valence-corrected chi connectivity index (χ1v) is 8.09. The fourth-order valence-electron chi connectivity index (χ4n) is 2.20. The molecule has 0 saturated carbocycles. The van der Waals surface area contributed by atoms with Crippen LogP contribution in [0.4, 0.5) is 24.0 Å².